The second-order valence-electron chi connectivity index (χ2n) is 5.92. The van der Waals surface area contributed by atoms with E-state index in [-0.39, 0.29) is 30.2 Å². The third-order valence-electron chi connectivity index (χ3n) is 4.11. The number of carbonyl (C=O) groups is 2. The van der Waals surface area contributed by atoms with Crippen molar-refractivity contribution >= 4 is 11.9 Å². The molecular formula is C16H22FN3O4. The Bertz CT molecular complexity index is 625. The topological polar surface area (TPSA) is 114 Å². The van der Waals surface area contributed by atoms with Gasteiger partial charge in [0.1, 0.15) is 11.9 Å². The van der Waals surface area contributed by atoms with Gasteiger partial charge >= 0.3 is 5.97 Å². The molecule has 24 heavy (non-hydrogen) atoms. The van der Waals surface area contributed by atoms with E-state index >= 15 is 0 Å². The van der Waals surface area contributed by atoms with Gasteiger partial charge in [0.25, 0.3) is 5.91 Å². The van der Waals surface area contributed by atoms with Crippen LogP contribution in [-0.4, -0.2) is 41.7 Å². The van der Waals surface area contributed by atoms with Crippen molar-refractivity contribution in [2.45, 2.75) is 44.4 Å². The maximum Gasteiger partial charge on any atom is 0.322 e. The largest absolute Gasteiger partial charge is 0.480 e. The lowest BCUT2D eigenvalue weighted by molar-refractivity contribution is -0.138. The van der Waals surface area contributed by atoms with Crippen molar-refractivity contribution in [3.8, 4) is 0 Å². The summed E-state index contributed by atoms with van der Waals surface area (Å²) in [6.45, 7) is 3.66. The summed E-state index contributed by atoms with van der Waals surface area (Å²) in [7, 11) is 0. The number of aliphatic carboxylic acids is 1. The molecule has 8 heteroatoms. The minimum absolute atomic E-state index is 0.0203. The highest BCUT2D eigenvalue weighted by molar-refractivity contribution is 5.94. The van der Waals surface area contributed by atoms with E-state index in [1.807, 2.05) is 13.8 Å². The van der Waals surface area contributed by atoms with Gasteiger partial charge in [-0.05, 0) is 37.1 Å². The number of hydrogen-bond acceptors (Lipinski definition) is 5. The minimum Gasteiger partial charge on any atom is -0.480 e. The van der Waals surface area contributed by atoms with Crippen LogP contribution in [0, 0.1) is 5.82 Å². The second kappa shape index (κ2) is 7.69. The Labute approximate surface area is 139 Å². The predicted octanol–water partition coefficient (Wildman–Crippen LogP) is 0.753. The standard InChI is InChI=1S/C16H22FN3O4/c1-3-13-14(8(2)20-24-13)9-4-10(6-11(17)5-9)15(21)19-7-12(18)16(22)23/h4-6,8,12-14,20H,3,7,18H2,1-2H3,(H,19,21)(H,22,23)/t8?,12-,13?,14?/m1/s1. The fourth-order valence-corrected chi connectivity index (χ4v) is 2.83. The molecule has 1 fully saturated rings. The molecule has 1 aromatic rings. The summed E-state index contributed by atoms with van der Waals surface area (Å²) >= 11 is 0. The molecule has 1 saturated heterocycles. The first-order valence-electron chi connectivity index (χ1n) is 7.81. The van der Waals surface area contributed by atoms with E-state index in [1.165, 1.54) is 6.07 Å². The molecule has 7 nitrogen and oxygen atoms in total. The van der Waals surface area contributed by atoms with Crippen LogP contribution >= 0.6 is 0 Å². The molecule has 132 valence electrons. The van der Waals surface area contributed by atoms with Crippen molar-refractivity contribution in [3.63, 3.8) is 0 Å². The highest BCUT2D eigenvalue weighted by Crippen LogP contribution is 2.32. The number of hydroxylamine groups is 1. The number of rotatable bonds is 6. The molecule has 0 saturated carbocycles. The fraction of sp³-hybridized carbons (Fsp3) is 0.500. The number of carboxylic acids is 1. The van der Waals surface area contributed by atoms with E-state index in [0.717, 1.165) is 12.5 Å². The summed E-state index contributed by atoms with van der Waals surface area (Å²) in [5.74, 6) is -2.41. The zero-order valence-corrected chi connectivity index (χ0v) is 13.6. The van der Waals surface area contributed by atoms with E-state index in [2.05, 4.69) is 10.8 Å². The average molecular weight is 339 g/mol. The zero-order valence-electron chi connectivity index (χ0n) is 13.6. The molecule has 0 radical (unpaired) electrons. The minimum atomic E-state index is -1.22. The third kappa shape index (κ3) is 4.08. The Kier molecular flexibility index (Phi) is 5.87. The van der Waals surface area contributed by atoms with Gasteiger partial charge in [0.05, 0.1) is 6.10 Å². The van der Waals surface area contributed by atoms with Gasteiger partial charge in [0.2, 0.25) is 0 Å². The molecule has 3 unspecified atom stereocenters. The Morgan fingerprint density at radius 3 is 2.79 bits per heavy atom. The Balaban J connectivity index is 2.19. The van der Waals surface area contributed by atoms with Crippen molar-refractivity contribution < 1.29 is 23.9 Å². The van der Waals surface area contributed by atoms with Crippen molar-refractivity contribution in [2.75, 3.05) is 6.54 Å². The van der Waals surface area contributed by atoms with Crippen LogP contribution < -0.4 is 16.5 Å². The molecule has 1 aromatic carbocycles. The Morgan fingerprint density at radius 1 is 1.46 bits per heavy atom. The molecule has 0 aromatic heterocycles. The first-order valence-corrected chi connectivity index (χ1v) is 7.81. The maximum atomic E-state index is 14.0. The van der Waals surface area contributed by atoms with Gasteiger partial charge < -0.3 is 16.2 Å². The van der Waals surface area contributed by atoms with E-state index in [0.29, 0.717) is 5.56 Å². The molecular weight excluding hydrogens is 317 g/mol. The zero-order chi connectivity index (χ0) is 17.9. The fourth-order valence-electron chi connectivity index (χ4n) is 2.83. The molecule has 1 aliphatic heterocycles. The molecule has 2 rings (SSSR count). The van der Waals surface area contributed by atoms with Crippen LogP contribution in [0.25, 0.3) is 0 Å². The summed E-state index contributed by atoms with van der Waals surface area (Å²) in [6, 6.07) is 2.87. The van der Waals surface area contributed by atoms with Crippen LogP contribution in [0.5, 0.6) is 0 Å². The molecule has 1 heterocycles. The van der Waals surface area contributed by atoms with Gasteiger partial charge in [-0.15, -0.1) is 0 Å². The monoisotopic (exact) mass is 339 g/mol. The molecule has 0 spiro atoms. The highest BCUT2D eigenvalue weighted by atomic mass is 19.1. The smallest absolute Gasteiger partial charge is 0.322 e. The lowest BCUT2D eigenvalue weighted by Crippen LogP contribution is -2.42. The van der Waals surface area contributed by atoms with Crippen molar-refractivity contribution in [3.05, 3.63) is 35.1 Å². The molecule has 0 bridgehead atoms. The highest BCUT2D eigenvalue weighted by Gasteiger charge is 2.35. The molecule has 1 aliphatic rings. The summed E-state index contributed by atoms with van der Waals surface area (Å²) in [5, 5.41) is 11.1. The van der Waals surface area contributed by atoms with Crippen LogP contribution in [0.1, 0.15) is 42.1 Å². The maximum absolute atomic E-state index is 14.0. The number of nitrogens with one attached hydrogen (secondary N) is 2. The first kappa shape index (κ1) is 18.3. The first-order chi connectivity index (χ1) is 11.3. The number of nitrogens with two attached hydrogens (primary N) is 1. The van der Waals surface area contributed by atoms with Gasteiger partial charge in [0.15, 0.2) is 0 Å². The number of halogens is 1. The normalized spacial score (nSPS) is 24.6. The number of amides is 1. The Hall–Kier alpha value is -2.03. The third-order valence-corrected chi connectivity index (χ3v) is 4.11. The van der Waals surface area contributed by atoms with Gasteiger partial charge in [0, 0.05) is 24.1 Å². The summed E-state index contributed by atoms with van der Waals surface area (Å²) < 4.78 is 14.0. The predicted molar refractivity (Wildman–Crippen MR) is 84.8 cm³/mol. The van der Waals surface area contributed by atoms with E-state index < -0.39 is 23.7 Å². The number of carboxylic acid groups (broad SMARTS) is 1. The summed E-state index contributed by atoms with van der Waals surface area (Å²) in [5.41, 5.74) is 9.01. The molecule has 5 N–H and O–H groups in total. The average Bonchev–Trinajstić information content (AvgIpc) is 2.92. The van der Waals surface area contributed by atoms with E-state index in [1.54, 1.807) is 6.07 Å². The SMILES string of the molecule is CCC1ONC(C)C1c1cc(F)cc(C(=O)NC[C@@H](N)C(=O)O)c1. The lowest BCUT2D eigenvalue weighted by Gasteiger charge is -2.20. The van der Waals surface area contributed by atoms with Crippen molar-refractivity contribution in [1.82, 2.24) is 10.8 Å². The van der Waals surface area contributed by atoms with E-state index in [9.17, 15) is 14.0 Å². The van der Waals surface area contributed by atoms with Crippen LogP contribution in [0.15, 0.2) is 18.2 Å². The molecule has 1 amide bonds. The van der Waals surface area contributed by atoms with Crippen molar-refractivity contribution in [2.24, 2.45) is 5.73 Å². The van der Waals surface area contributed by atoms with Crippen LogP contribution in [0.4, 0.5) is 4.39 Å². The van der Waals surface area contributed by atoms with Crippen LogP contribution in [0.3, 0.4) is 0 Å². The van der Waals surface area contributed by atoms with E-state index in [4.69, 9.17) is 15.7 Å². The van der Waals surface area contributed by atoms with Gasteiger partial charge in [-0.1, -0.05) is 6.92 Å². The lowest BCUT2D eigenvalue weighted by atomic mass is 9.86. The van der Waals surface area contributed by atoms with Crippen molar-refractivity contribution in [1.29, 1.82) is 0 Å². The van der Waals surface area contributed by atoms with Gasteiger partial charge in [-0.3, -0.25) is 14.4 Å². The summed E-state index contributed by atoms with van der Waals surface area (Å²) in [6.07, 6.45) is 0.631. The number of carbonyl (C=O) groups excluding carboxylic acids is 1. The Morgan fingerprint density at radius 2 is 2.17 bits per heavy atom. The number of benzene rings is 1. The van der Waals surface area contributed by atoms with Crippen LogP contribution in [0.2, 0.25) is 0 Å². The van der Waals surface area contributed by atoms with Gasteiger partial charge in [-0.2, -0.15) is 5.48 Å². The molecule has 4 atom stereocenters. The van der Waals surface area contributed by atoms with Gasteiger partial charge in [-0.25, -0.2) is 4.39 Å². The second-order valence-corrected chi connectivity index (χ2v) is 5.92. The quantitative estimate of drug-likeness (QED) is 0.608. The summed E-state index contributed by atoms with van der Waals surface area (Å²) in [4.78, 5) is 28.3. The van der Waals surface area contributed by atoms with Crippen LogP contribution in [-0.2, 0) is 9.63 Å². The number of hydrogen-bond donors (Lipinski definition) is 4. The molecule has 0 aliphatic carbocycles.